The molecule has 0 atom stereocenters. The number of hydrogen-bond donors (Lipinski definition) is 0. The third-order valence-corrected chi connectivity index (χ3v) is 2.79. The lowest BCUT2D eigenvalue weighted by Gasteiger charge is -2.16. The summed E-state index contributed by atoms with van der Waals surface area (Å²) in [4.78, 5) is 13.6. The van der Waals surface area contributed by atoms with Crippen LogP contribution < -0.4 is 0 Å². The zero-order valence-electron chi connectivity index (χ0n) is 9.87. The molecule has 0 fully saturated rings. The lowest BCUT2D eigenvalue weighted by Crippen LogP contribution is -2.29. The molecule has 0 spiro atoms. The highest BCUT2D eigenvalue weighted by Gasteiger charge is 2.08. The van der Waals surface area contributed by atoms with Crippen molar-refractivity contribution in [3.05, 3.63) is 34.9 Å². The molecule has 0 aromatic heterocycles. The number of carbonyl (C=O) groups is 1. The summed E-state index contributed by atoms with van der Waals surface area (Å²) in [5.41, 5.74) is 1.01. The number of carbonyl (C=O) groups excluding carboxylic acids is 1. The summed E-state index contributed by atoms with van der Waals surface area (Å²) in [5.74, 6) is 0.163. The zero-order chi connectivity index (χ0) is 12.0. The molecule has 0 saturated heterocycles. The van der Waals surface area contributed by atoms with Gasteiger partial charge in [-0.2, -0.15) is 0 Å². The van der Waals surface area contributed by atoms with Crippen LogP contribution in [-0.2, 0) is 11.2 Å². The van der Waals surface area contributed by atoms with Gasteiger partial charge >= 0.3 is 0 Å². The number of amides is 1. The molecule has 1 rings (SSSR count). The molecule has 0 bridgehead atoms. The van der Waals surface area contributed by atoms with Gasteiger partial charge in [0.1, 0.15) is 0 Å². The Hall–Kier alpha value is -1.02. The molecule has 0 aliphatic carbocycles. The van der Waals surface area contributed by atoms with Gasteiger partial charge in [0.15, 0.2) is 0 Å². The summed E-state index contributed by atoms with van der Waals surface area (Å²) >= 11 is 5.78. The molecule has 0 unspecified atom stereocenters. The Morgan fingerprint density at radius 1 is 1.31 bits per heavy atom. The summed E-state index contributed by atoms with van der Waals surface area (Å²) in [5, 5.41) is 0.704. The standard InChI is InChI=1S/C13H18ClNO/c1-3-4-9-15(2)13(16)10-11-5-7-12(14)8-6-11/h5-8H,3-4,9-10H2,1-2H3. The van der Waals surface area contributed by atoms with Gasteiger partial charge in [0.05, 0.1) is 6.42 Å². The smallest absolute Gasteiger partial charge is 0.226 e. The van der Waals surface area contributed by atoms with Crippen molar-refractivity contribution >= 4 is 17.5 Å². The van der Waals surface area contributed by atoms with E-state index in [1.165, 1.54) is 0 Å². The summed E-state index contributed by atoms with van der Waals surface area (Å²) in [6.07, 6.45) is 2.62. The number of likely N-dealkylation sites (N-methyl/N-ethyl adjacent to an activating group) is 1. The normalized spacial score (nSPS) is 10.2. The maximum absolute atomic E-state index is 11.8. The number of rotatable bonds is 5. The van der Waals surface area contributed by atoms with Crippen LogP contribution in [0.4, 0.5) is 0 Å². The van der Waals surface area contributed by atoms with Crippen LogP contribution in [0.5, 0.6) is 0 Å². The monoisotopic (exact) mass is 239 g/mol. The second-order valence-corrected chi connectivity index (χ2v) is 4.41. The fourth-order valence-electron chi connectivity index (χ4n) is 1.43. The number of benzene rings is 1. The van der Waals surface area contributed by atoms with Gasteiger partial charge < -0.3 is 4.90 Å². The summed E-state index contributed by atoms with van der Waals surface area (Å²) in [6.45, 7) is 2.96. The van der Waals surface area contributed by atoms with Crippen LogP contribution in [-0.4, -0.2) is 24.4 Å². The van der Waals surface area contributed by atoms with Crippen LogP contribution in [0.25, 0.3) is 0 Å². The first-order valence-electron chi connectivity index (χ1n) is 5.62. The third-order valence-electron chi connectivity index (χ3n) is 2.54. The Labute approximate surface area is 102 Å². The molecule has 0 N–H and O–H groups in total. The van der Waals surface area contributed by atoms with E-state index in [9.17, 15) is 4.79 Å². The van der Waals surface area contributed by atoms with Gasteiger partial charge in [-0.1, -0.05) is 37.1 Å². The van der Waals surface area contributed by atoms with Gasteiger partial charge in [0.2, 0.25) is 5.91 Å². The van der Waals surface area contributed by atoms with E-state index in [0.717, 1.165) is 24.9 Å². The highest BCUT2D eigenvalue weighted by atomic mass is 35.5. The van der Waals surface area contributed by atoms with Crippen molar-refractivity contribution in [2.75, 3.05) is 13.6 Å². The van der Waals surface area contributed by atoms with Crippen molar-refractivity contribution in [1.29, 1.82) is 0 Å². The van der Waals surface area contributed by atoms with E-state index in [0.29, 0.717) is 11.4 Å². The number of halogens is 1. The second-order valence-electron chi connectivity index (χ2n) is 3.97. The summed E-state index contributed by atoms with van der Waals surface area (Å²) < 4.78 is 0. The fourth-order valence-corrected chi connectivity index (χ4v) is 1.56. The van der Waals surface area contributed by atoms with Crippen molar-refractivity contribution in [3.63, 3.8) is 0 Å². The minimum absolute atomic E-state index is 0.163. The number of nitrogens with zero attached hydrogens (tertiary/aromatic N) is 1. The maximum atomic E-state index is 11.8. The third kappa shape index (κ3) is 4.23. The summed E-state index contributed by atoms with van der Waals surface area (Å²) in [7, 11) is 1.86. The van der Waals surface area contributed by atoms with Crippen LogP contribution in [0.2, 0.25) is 5.02 Å². The Kier molecular flexibility index (Phi) is 5.33. The minimum atomic E-state index is 0.163. The molecular formula is C13H18ClNO. The Bertz CT molecular complexity index is 334. The molecule has 16 heavy (non-hydrogen) atoms. The molecule has 3 heteroatoms. The van der Waals surface area contributed by atoms with Crippen LogP contribution in [0.15, 0.2) is 24.3 Å². The average molecular weight is 240 g/mol. The maximum Gasteiger partial charge on any atom is 0.226 e. The van der Waals surface area contributed by atoms with Crippen molar-refractivity contribution in [2.24, 2.45) is 0 Å². The summed E-state index contributed by atoms with van der Waals surface area (Å²) in [6, 6.07) is 7.42. The SMILES string of the molecule is CCCCN(C)C(=O)Cc1ccc(Cl)cc1. The van der Waals surface area contributed by atoms with E-state index in [4.69, 9.17) is 11.6 Å². The minimum Gasteiger partial charge on any atom is -0.345 e. The Morgan fingerprint density at radius 3 is 2.50 bits per heavy atom. The molecule has 2 nitrogen and oxygen atoms in total. The first-order valence-corrected chi connectivity index (χ1v) is 5.99. The highest BCUT2D eigenvalue weighted by Crippen LogP contribution is 2.10. The molecular weight excluding hydrogens is 222 g/mol. The topological polar surface area (TPSA) is 20.3 Å². The molecule has 1 aromatic carbocycles. The molecule has 0 heterocycles. The zero-order valence-corrected chi connectivity index (χ0v) is 10.6. The molecule has 0 aliphatic rings. The largest absolute Gasteiger partial charge is 0.345 e. The molecule has 1 aromatic rings. The van der Waals surface area contributed by atoms with Crippen LogP contribution in [0.1, 0.15) is 25.3 Å². The Balaban J connectivity index is 2.47. The van der Waals surface area contributed by atoms with E-state index in [-0.39, 0.29) is 5.91 Å². The van der Waals surface area contributed by atoms with E-state index >= 15 is 0 Å². The van der Waals surface area contributed by atoms with Gasteiger partial charge in [-0.3, -0.25) is 4.79 Å². The van der Waals surface area contributed by atoms with Gasteiger partial charge in [-0.25, -0.2) is 0 Å². The number of unbranched alkanes of at least 4 members (excludes halogenated alkanes) is 1. The van der Waals surface area contributed by atoms with E-state index in [2.05, 4.69) is 6.92 Å². The van der Waals surface area contributed by atoms with Crippen LogP contribution in [0, 0.1) is 0 Å². The molecule has 0 saturated carbocycles. The van der Waals surface area contributed by atoms with Gasteiger partial charge in [0, 0.05) is 18.6 Å². The molecule has 0 aliphatic heterocycles. The molecule has 1 amide bonds. The lowest BCUT2D eigenvalue weighted by atomic mass is 10.1. The van der Waals surface area contributed by atoms with Crippen molar-refractivity contribution < 1.29 is 4.79 Å². The highest BCUT2D eigenvalue weighted by molar-refractivity contribution is 6.30. The Morgan fingerprint density at radius 2 is 1.94 bits per heavy atom. The van der Waals surface area contributed by atoms with E-state index < -0.39 is 0 Å². The first kappa shape index (κ1) is 13.0. The average Bonchev–Trinajstić information content (AvgIpc) is 2.29. The first-order chi connectivity index (χ1) is 7.63. The van der Waals surface area contributed by atoms with Crippen molar-refractivity contribution in [2.45, 2.75) is 26.2 Å². The predicted octanol–water partition coefficient (Wildman–Crippen LogP) is 3.14. The van der Waals surface area contributed by atoms with Crippen molar-refractivity contribution in [3.8, 4) is 0 Å². The van der Waals surface area contributed by atoms with Gasteiger partial charge in [-0.15, -0.1) is 0 Å². The quantitative estimate of drug-likeness (QED) is 0.773. The van der Waals surface area contributed by atoms with E-state index in [1.807, 2.05) is 31.3 Å². The van der Waals surface area contributed by atoms with Gasteiger partial charge in [0.25, 0.3) is 0 Å². The predicted molar refractivity (Wildman–Crippen MR) is 67.7 cm³/mol. The fraction of sp³-hybridized carbons (Fsp3) is 0.462. The van der Waals surface area contributed by atoms with Gasteiger partial charge in [-0.05, 0) is 24.1 Å². The van der Waals surface area contributed by atoms with Crippen molar-refractivity contribution in [1.82, 2.24) is 4.90 Å². The second kappa shape index (κ2) is 6.54. The molecule has 0 radical (unpaired) electrons. The molecule has 88 valence electrons. The number of hydrogen-bond acceptors (Lipinski definition) is 1. The van der Waals surface area contributed by atoms with Crippen LogP contribution in [0.3, 0.4) is 0 Å². The van der Waals surface area contributed by atoms with E-state index in [1.54, 1.807) is 4.90 Å². The lowest BCUT2D eigenvalue weighted by molar-refractivity contribution is -0.129. The van der Waals surface area contributed by atoms with Crippen LogP contribution >= 0.6 is 11.6 Å².